The number of amides is 2. The van der Waals surface area contributed by atoms with Gasteiger partial charge < -0.3 is 10.6 Å². The number of carbonyl (C=O) groups excluding carboxylic acids is 2. The molecule has 4 rings (SSSR count). The van der Waals surface area contributed by atoms with Crippen LogP contribution in [0.3, 0.4) is 0 Å². The third-order valence-corrected chi connectivity index (χ3v) is 6.84. The number of aryl methyl sites for hydroxylation is 2. The molecular formula is C24H20BrClN4O3S. The van der Waals surface area contributed by atoms with Gasteiger partial charge in [-0.3, -0.25) is 14.4 Å². The average molecular weight is 560 g/mol. The summed E-state index contributed by atoms with van der Waals surface area (Å²) < 4.78 is 2.05. The smallest absolute Gasteiger partial charge is 0.274 e. The highest BCUT2D eigenvalue weighted by Crippen LogP contribution is 2.26. The number of nitrogens with one attached hydrogen (secondary N) is 2. The van der Waals surface area contributed by atoms with Gasteiger partial charge in [0, 0.05) is 32.6 Å². The zero-order chi connectivity index (χ0) is 24.4. The van der Waals surface area contributed by atoms with Crippen LogP contribution in [0.15, 0.2) is 57.8 Å². The van der Waals surface area contributed by atoms with Crippen molar-refractivity contribution in [2.24, 2.45) is 0 Å². The predicted octanol–water partition coefficient (Wildman–Crippen LogP) is 5.94. The third-order valence-electron chi connectivity index (χ3n) is 5.04. The summed E-state index contributed by atoms with van der Waals surface area (Å²) in [6.07, 6.45) is 1.43. The summed E-state index contributed by atoms with van der Waals surface area (Å²) in [5, 5.41) is 6.14. The molecule has 2 amide bonds. The second kappa shape index (κ2) is 10.1. The molecule has 2 heterocycles. The van der Waals surface area contributed by atoms with Crippen molar-refractivity contribution in [3.63, 3.8) is 0 Å². The molecule has 0 aliphatic heterocycles. The zero-order valence-electron chi connectivity index (χ0n) is 18.3. The van der Waals surface area contributed by atoms with E-state index in [0.717, 1.165) is 27.8 Å². The summed E-state index contributed by atoms with van der Waals surface area (Å²) in [4.78, 5) is 44.5. The minimum absolute atomic E-state index is 0.0624. The average Bonchev–Trinajstić information content (AvgIpc) is 3.18. The molecule has 0 aliphatic carbocycles. The first-order valence-electron chi connectivity index (χ1n) is 10.5. The van der Waals surface area contributed by atoms with Crippen LogP contribution in [0.5, 0.6) is 0 Å². The Balaban J connectivity index is 1.81. The number of anilines is 2. The Labute approximate surface area is 212 Å². The fourth-order valence-corrected chi connectivity index (χ4v) is 4.97. The Bertz CT molecular complexity index is 1460. The van der Waals surface area contributed by atoms with Gasteiger partial charge in [-0.05, 0) is 61.4 Å². The van der Waals surface area contributed by atoms with E-state index in [4.69, 9.17) is 11.6 Å². The van der Waals surface area contributed by atoms with E-state index in [9.17, 15) is 14.4 Å². The number of aromatic nitrogens is 2. The minimum Gasteiger partial charge on any atom is -0.321 e. The van der Waals surface area contributed by atoms with Crippen LogP contribution in [0.1, 0.15) is 44.8 Å². The van der Waals surface area contributed by atoms with Crippen LogP contribution in [-0.4, -0.2) is 21.2 Å². The number of rotatable bonds is 6. The molecule has 0 atom stereocenters. The largest absolute Gasteiger partial charge is 0.321 e. The van der Waals surface area contributed by atoms with Crippen molar-refractivity contribution in [2.45, 2.75) is 26.7 Å². The first-order valence-corrected chi connectivity index (χ1v) is 12.5. The molecule has 7 nitrogen and oxygen atoms in total. The number of fused-ring (bicyclic) bond motifs is 1. The lowest BCUT2D eigenvalue weighted by Crippen LogP contribution is -2.25. The Morgan fingerprint density at radius 3 is 2.50 bits per heavy atom. The summed E-state index contributed by atoms with van der Waals surface area (Å²) >= 11 is 10.4. The molecule has 0 spiro atoms. The summed E-state index contributed by atoms with van der Waals surface area (Å²) in [5.41, 5.74) is 1.99. The van der Waals surface area contributed by atoms with Crippen LogP contribution in [0.25, 0.3) is 4.96 Å². The quantitative estimate of drug-likeness (QED) is 0.306. The predicted molar refractivity (Wildman–Crippen MR) is 140 cm³/mol. The van der Waals surface area contributed by atoms with Crippen molar-refractivity contribution in [1.82, 2.24) is 9.38 Å². The van der Waals surface area contributed by atoms with E-state index in [-0.39, 0.29) is 15.5 Å². The molecule has 34 heavy (non-hydrogen) atoms. The second-order valence-corrected chi connectivity index (χ2v) is 9.94. The van der Waals surface area contributed by atoms with E-state index in [1.54, 1.807) is 42.5 Å². The van der Waals surface area contributed by atoms with Gasteiger partial charge >= 0.3 is 0 Å². The highest BCUT2D eigenvalue weighted by Gasteiger charge is 2.27. The normalized spacial score (nSPS) is 10.9. The lowest BCUT2D eigenvalue weighted by molar-refractivity contribution is 0.0989. The van der Waals surface area contributed by atoms with Gasteiger partial charge in [0.2, 0.25) is 0 Å². The first kappa shape index (κ1) is 24.1. The number of thiazole rings is 1. The molecule has 0 saturated heterocycles. The van der Waals surface area contributed by atoms with E-state index in [1.165, 1.54) is 10.5 Å². The minimum atomic E-state index is -0.585. The van der Waals surface area contributed by atoms with Gasteiger partial charge in [-0.1, -0.05) is 52.2 Å². The van der Waals surface area contributed by atoms with Crippen LogP contribution in [0.4, 0.5) is 11.4 Å². The van der Waals surface area contributed by atoms with Gasteiger partial charge in [-0.15, -0.1) is 0 Å². The standard InChI is InChI=1S/C24H20BrClN4O3S/c1-3-4-17-12-19(31)30-20(22(32)27-16-8-5-14(25)6-9-16)21(34-24(30)28-17)23(33)29-18-10-7-15(26)11-13(18)2/h5-12H,3-4H2,1-2H3,(H,27,32)(H,29,33). The van der Waals surface area contributed by atoms with Crippen molar-refractivity contribution in [3.05, 3.63) is 90.2 Å². The maximum Gasteiger partial charge on any atom is 0.274 e. The Morgan fingerprint density at radius 1 is 1.09 bits per heavy atom. The Kier molecular flexibility index (Phi) is 7.16. The molecule has 0 saturated carbocycles. The van der Waals surface area contributed by atoms with E-state index >= 15 is 0 Å². The highest BCUT2D eigenvalue weighted by atomic mass is 79.9. The van der Waals surface area contributed by atoms with E-state index in [1.807, 2.05) is 13.8 Å². The molecule has 0 unspecified atom stereocenters. The number of nitrogens with zero attached hydrogens (tertiary/aromatic N) is 2. The molecule has 4 aromatic rings. The summed E-state index contributed by atoms with van der Waals surface area (Å²) in [7, 11) is 0. The van der Waals surface area contributed by atoms with E-state index < -0.39 is 17.4 Å². The fraction of sp³-hybridized carbons (Fsp3) is 0.167. The number of hydrogen-bond donors (Lipinski definition) is 2. The van der Waals surface area contributed by atoms with Crippen LogP contribution in [-0.2, 0) is 6.42 Å². The van der Waals surface area contributed by atoms with Gasteiger partial charge in [-0.25, -0.2) is 9.38 Å². The molecule has 0 fully saturated rings. The number of hydrogen-bond acceptors (Lipinski definition) is 5. The molecule has 0 bridgehead atoms. The van der Waals surface area contributed by atoms with Crippen molar-refractivity contribution >= 4 is 67.0 Å². The van der Waals surface area contributed by atoms with Crippen LogP contribution >= 0.6 is 38.9 Å². The molecule has 10 heteroatoms. The topological polar surface area (TPSA) is 92.6 Å². The van der Waals surface area contributed by atoms with Crippen molar-refractivity contribution < 1.29 is 9.59 Å². The summed E-state index contributed by atoms with van der Waals surface area (Å²) in [6.45, 7) is 3.80. The summed E-state index contributed by atoms with van der Waals surface area (Å²) in [6, 6.07) is 13.5. The van der Waals surface area contributed by atoms with Crippen LogP contribution < -0.4 is 16.2 Å². The number of benzene rings is 2. The summed E-state index contributed by atoms with van der Waals surface area (Å²) in [5.74, 6) is -1.10. The van der Waals surface area contributed by atoms with Gasteiger partial charge in [-0.2, -0.15) is 0 Å². The molecule has 0 radical (unpaired) electrons. The van der Waals surface area contributed by atoms with Crippen molar-refractivity contribution in [2.75, 3.05) is 10.6 Å². The monoisotopic (exact) mass is 558 g/mol. The lowest BCUT2D eigenvalue weighted by atomic mass is 10.2. The van der Waals surface area contributed by atoms with Gasteiger partial charge in [0.15, 0.2) is 4.96 Å². The molecule has 0 aliphatic rings. The van der Waals surface area contributed by atoms with Crippen LogP contribution in [0, 0.1) is 6.92 Å². The zero-order valence-corrected chi connectivity index (χ0v) is 21.5. The first-order chi connectivity index (χ1) is 16.3. The lowest BCUT2D eigenvalue weighted by Gasteiger charge is -2.10. The van der Waals surface area contributed by atoms with E-state index in [2.05, 4.69) is 31.5 Å². The van der Waals surface area contributed by atoms with E-state index in [0.29, 0.717) is 28.5 Å². The van der Waals surface area contributed by atoms with Crippen molar-refractivity contribution in [3.8, 4) is 0 Å². The fourth-order valence-electron chi connectivity index (χ4n) is 3.43. The third kappa shape index (κ3) is 5.06. The second-order valence-electron chi connectivity index (χ2n) is 7.61. The maximum absolute atomic E-state index is 13.3. The molecule has 2 aromatic heterocycles. The number of carbonyl (C=O) groups is 2. The maximum atomic E-state index is 13.3. The Hall–Kier alpha value is -3.01. The van der Waals surface area contributed by atoms with Crippen LogP contribution in [0.2, 0.25) is 5.02 Å². The molecular weight excluding hydrogens is 540 g/mol. The molecule has 2 N–H and O–H groups in total. The SMILES string of the molecule is CCCc1cc(=O)n2c(C(=O)Nc3ccc(Br)cc3)c(C(=O)Nc3ccc(Cl)cc3C)sc2n1. The van der Waals surface area contributed by atoms with Gasteiger partial charge in [0.25, 0.3) is 17.4 Å². The molecule has 2 aromatic carbocycles. The highest BCUT2D eigenvalue weighted by molar-refractivity contribution is 9.10. The van der Waals surface area contributed by atoms with Gasteiger partial charge in [0.1, 0.15) is 10.6 Å². The van der Waals surface area contributed by atoms with Crippen molar-refractivity contribution in [1.29, 1.82) is 0 Å². The van der Waals surface area contributed by atoms with Gasteiger partial charge in [0.05, 0.1) is 0 Å². The number of halogens is 2. The Morgan fingerprint density at radius 2 is 1.82 bits per heavy atom. The molecule has 174 valence electrons.